The first kappa shape index (κ1) is 15.1. The summed E-state index contributed by atoms with van der Waals surface area (Å²) in [6.07, 6.45) is 1.67. The van der Waals surface area contributed by atoms with E-state index in [-0.39, 0.29) is 12.0 Å². The van der Waals surface area contributed by atoms with Crippen LogP contribution < -0.4 is 0 Å². The first-order valence-corrected chi connectivity index (χ1v) is 7.80. The Bertz CT molecular complexity index is 670. The van der Waals surface area contributed by atoms with Crippen LogP contribution in [-0.2, 0) is 7.05 Å². The van der Waals surface area contributed by atoms with Crippen LogP contribution in [-0.4, -0.2) is 64.2 Å². The third-order valence-corrected chi connectivity index (χ3v) is 4.34. The predicted molar refractivity (Wildman–Crippen MR) is 86.9 cm³/mol. The van der Waals surface area contributed by atoms with Crippen LogP contribution in [0.25, 0.3) is 10.9 Å². The summed E-state index contributed by atoms with van der Waals surface area (Å²) in [6, 6.07) is 7.89. The van der Waals surface area contributed by atoms with Crippen LogP contribution in [0.2, 0.25) is 0 Å². The monoisotopic (exact) mass is 301 g/mol. The number of aliphatic hydroxyl groups is 1. The molecule has 5 nitrogen and oxygen atoms in total. The maximum absolute atomic E-state index is 12.8. The van der Waals surface area contributed by atoms with Crippen LogP contribution in [0.3, 0.4) is 0 Å². The lowest BCUT2D eigenvalue weighted by molar-refractivity contribution is 0.0556. The maximum Gasteiger partial charge on any atom is 0.254 e. The van der Waals surface area contributed by atoms with E-state index in [1.165, 1.54) is 0 Å². The summed E-state index contributed by atoms with van der Waals surface area (Å²) in [5.74, 6) is 0.105. The second-order valence-electron chi connectivity index (χ2n) is 6.11. The topological polar surface area (TPSA) is 48.7 Å². The van der Waals surface area contributed by atoms with Gasteiger partial charge in [-0.2, -0.15) is 0 Å². The predicted octanol–water partition coefficient (Wildman–Crippen LogP) is 1.32. The van der Waals surface area contributed by atoms with E-state index in [0.29, 0.717) is 6.54 Å². The van der Waals surface area contributed by atoms with E-state index >= 15 is 0 Å². The average molecular weight is 301 g/mol. The van der Waals surface area contributed by atoms with E-state index in [0.717, 1.165) is 42.6 Å². The zero-order chi connectivity index (χ0) is 15.7. The summed E-state index contributed by atoms with van der Waals surface area (Å²) < 4.78 is 2.03. The van der Waals surface area contributed by atoms with Crippen LogP contribution >= 0.6 is 0 Å². The fourth-order valence-corrected chi connectivity index (χ4v) is 3.17. The van der Waals surface area contributed by atoms with Gasteiger partial charge in [-0.3, -0.25) is 9.69 Å². The standard InChI is InChI=1S/C17H23N3O2/c1-13(21)12-19-8-10-20(11-9-19)17(22)15-4-3-5-16-14(15)6-7-18(16)2/h3-7,13,21H,8-12H2,1-2H3. The lowest BCUT2D eigenvalue weighted by Crippen LogP contribution is -2.50. The van der Waals surface area contributed by atoms with Gasteiger partial charge in [0.15, 0.2) is 0 Å². The maximum atomic E-state index is 12.8. The van der Waals surface area contributed by atoms with Crippen molar-refractivity contribution in [3.05, 3.63) is 36.0 Å². The second-order valence-corrected chi connectivity index (χ2v) is 6.11. The summed E-state index contributed by atoms with van der Waals surface area (Å²) >= 11 is 0. The Hall–Kier alpha value is -1.85. The summed E-state index contributed by atoms with van der Waals surface area (Å²) in [5, 5.41) is 10.5. The number of aliphatic hydroxyl groups excluding tert-OH is 1. The van der Waals surface area contributed by atoms with Crippen molar-refractivity contribution in [3.63, 3.8) is 0 Å². The number of β-amino-alcohol motifs (C(OH)–C–C–N with tert-alkyl or cyclic N) is 1. The molecule has 1 fully saturated rings. The molecule has 0 saturated carbocycles. The molecule has 5 heteroatoms. The van der Waals surface area contributed by atoms with E-state index in [2.05, 4.69) is 4.90 Å². The number of benzene rings is 1. The van der Waals surface area contributed by atoms with Gasteiger partial charge in [0, 0.05) is 62.4 Å². The molecule has 1 aromatic heterocycles. The van der Waals surface area contributed by atoms with Crippen LogP contribution in [0.15, 0.2) is 30.5 Å². The number of hydrogen-bond donors (Lipinski definition) is 1. The van der Waals surface area contributed by atoms with Crippen LogP contribution in [0, 0.1) is 0 Å². The second kappa shape index (κ2) is 6.10. The van der Waals surface area contributed by atoms with Crippen molar-refractivity contribution in [1.29, 1.82) is 0 Å². The highest BCUT2D eigenvalue weighted by Gasteiger charge is 2.24. The van der Waals surface area contributed by atoms with E-state index in [9.17, 15) is 9.90 Å². The fraction of sp³-hybridized carbons (Fsp3) is 0.471. The molecule has 2 aromatic rings. The van der Waals surface area contributed by atoms with E-state index < -0.39 is 0 Å². The molecule has 1 N–H and O–H groups in total. The number of rotatable bonds is 3. The Morgan fingerprint density at radius 3 is 2.64 bits per heavy atom. The Balaban J connectivity index is 1.74. The van der Waals surface area contributed by atoms with Gasteiger partial charge in [0.1, 0.15) is 0 Å². The molecule has 1 aliphatic heterocycles. The molecular weight excluding hydrogens is 278 g/mol. The molecule has 1 aliphatic rings. The van der Waals surface area contributed by atoms with Crippen molar-refractivity contribution < 1.29 is 9.90 Å². The Kier molecular flexibility index (Phi) is 4.18. The zero-order valence-corrected chi connectivity index (χ0v) is 13.2. The fourth-order valence-electron chi connectivity index (χ4n) is 3.17. The van der Waals surface area contributed by atoms with Crippen LogP contribution in [0.1, 0.15) is 17.3 Å². The van der Waals surface area contributed by atoms with Gasteiger partial charge >= 0.3 is 0 Å². The number of amides is 1. The van der Waals surface area contributed by atoms with Crippen LogP contribution in [0.4, 0.5) is 0 Å². The molecule has 0 bridgehead atoms. The van der Waals surface area contributed by atoms with E-state index in [1.807, 2.05) is 47.0 Å². The number of fused-ring (bicyclic) bond motifs is 1. The molecule has 0 radical (unpaired) electrons. The number of carbonyl (C=O) groups is 1. The van der Waals surface area contributed by atoms with Crippen molar-refractivity contribution in [3.8, 4) is 0 Å². The highest BCUT2D eigenvalue weighted by atomic mass is 16.3. The molecule has 1 amide bonds. The molecule has 2 heterocycles. The number of carbonyl (C=O) groups excluding carboxylic acids is 1. The largest absolute Gasteiger partial charge is 0.392 e. The van der Waals surface area contributed by atoms with Crippen LogP contribution in [0.5, 0.6) is 0 Å². The quantitative estimate of drug-likeness (QED) is 0.930. The molecule has 118 valence electrons. The third kappa shape index (κ3) is 2.87. The molecule has 1 aromatic carbocycles. The average Bonchev–Trinajstić information content (AvgIpc) is 2.88. The summed E-state index contributed by atoms with van der Waals surface area (Å²) in [6.45, 7) is 5.55. The van der Waals surface area contributed by atoms with Crippen molar-refractivity contribution in [1.82, 2.24) is 14.4 Å². The van der Waals surface area contributed by atoms with E-state index in [1.54, 1.807) is 6.92 Å². The molecule has 3 rings (SSSR count). The van der Waals surface area contributed by atoms with Crippen molar-refractivity contribution in [2.75, 3.05) is 32.7 Å². The summed E-state index contributed by atoms with van der Waals surface area (Å²) in [7, 11) is 1.99. The number of hydrogen-bond acceptors (Lipinski definition) is 3. The van der Waals surface area contributed by atoms with E-state index in [4.69, 9.17) is 0 Å². The highest BCUT2D eigenvalue weighted by Crippen LogP contribution is 2.21. The normalized spacial score (nSPS) is 17.9. The van der Waals surface area contributed by atoms with Gasteiger partial charge in [-0.15, -0.1) is 0 Å². The molecule has 0 spiro atoms. The number of aryl methyl sites for hydroxylation is 1. The molecular formula is C17H23N3O2. The number of nitrogens with zero attached hydrogens (tertiary/aromatic N) is 3. The molecule has 22 heavy (non-hydrogen) atoms. The summed E-state index contributed by atoms with van der Waals surface area (Å²) in [5.41, 5.74) is 1.86. The minimum Gasteiger partial charge on any atom is -0.392 e. The Morgan fingerprint density at radius 1 is 1.23 bits per heavy atom. The number of aromatic nitrogens is 1. The Morgan fingerprint density at radius 2 is 1.95 bits per heavy atom. The lowest BCUT2D eigenvalue weighted by Gasteiger charge is -2.35. The molecule has 0 aliphatic carbocycles. The first-order valence-electron chi connectivity index (χ1n) is 7.80. The van der Waals surface area contributed by atoms with Gasteiger partial charge in [-0.05, 0) is 25.1 Å². The highest BCUT2D eigenvalue weighted by molar-refractivity contribution is 6.06. The van der Waals surface area contributed by atoms with Crippen molar-refractivity contribution >= 4 is 16.8 Å². The SMILES string of the molecule is CC(O)CN1CCN(C(=O)c2cccc3c2ccn3C)CC1. The smallest absolute Gasteiger partial charge is 0.254 e. The zero-order valence-electron chi connectivity index (χ0n) is 13.2. The van der Waals surface area contributed by atoms with Gasteiger partial charge in [0.25, 0.3) is 5.91 Å². The van der Waals surface area contributed by atoms with Gasteiger partial charge in [-0.1, -0.05) is 6.07 Å². The minimum atomic E-state index is -0.319. The molecule has 1 atom stereocenters. The molecule has 1 unspecified atom stereocenters. The third-order valence-electron chi connectivity index (χ3n) is 4.34. The van der Waals surface area contributed by atoms with Gasteiger partial charge in [0.2, 0.25) is 0 Å². The van der Waals surface area contributed by atoms with Gasteiger partial charge in [-0.25, -0.2) is 0 Å². The lowest BCUT2D eigenvalue weighted by atomic mass is 10.1. The van der Waals surface area contributed by atoms with Gasteiger partial charge in [0.05, 0.1) is 6.10 Å². The summed E-state index contributed by atoms with van der Waals surface area (Å²) in [4.78, 5) is 16.9. The van der Waals surface area contributed by atoms with Crippen molar-refractivity contribution in [2.45, 2.75) is 13.0 Å². The first-order chi connectivity index (χ1) is 10.6. The minimum absolute atomic E-state index is 0.105. The van der Waals surface area contributed by atoms with Crippen molar-refractivity contribution in [2.24, 2.45) is 7.05 Å². The van der Waals surface area contributed by atoms with Gasteiger partial charge < -0.3 is 14.6 Å². The Labute approximate surface area is 130 Å². The number of piperazine rings is 1. The molecule has 1 saturated heterocycles.